The van der Waals surface area contributed by atoms with Gasteiger partial charge in [0.25, 0.3) is 0 Å². The largest absolute Gasteiger partial charge is 0.497 e. The molecule has 1 aliphatic carbocycles. The number of hydrogen-bond donors (Lipinski definition) is 0. The Morgan fingerprint density at radius 3 is 2.62 bits per heavy atom. The summed E-state index contributed by atoms with van der Waals surface area (Å²) in [6, 6.07) is 12.1. The lowest BCUT2D eigenvalue weighted by molar-refractivity contribution is 0.0678. The maximum absolute atomic E-state index is 13.3. The molecular formula is C23H29NO2. The number of ketones is 1. The van der Waals surface area contributed by atoms with Gasteiger partial charge in [0, 0.05) is 24.6 Å². The van der Waals surface area contributed by atoms with Crippen LogP contribution in [0.15, 0.2) is 36.4 Å². The number of methoxy groups -OCH3 is 1. The van der Waals surface area contributed by atoms with Crippen LogP contribution in [0.3, 0.4) is 0 Å². The number of benzene rings is 2. The molecule has 26 heavy (non-hydrogen) atoms. The van der Waals surface area contributed by atoms with Gasteiger partial charge in [-0.25, -0.2) is 0 Å². The van der Waals surface area contributed by atoms with Gasteiger partial charge in [0.15, 0.2) is 5.78 Å². The topological polar surface area (TPSA) is 29.5 Å². The van der Waals surface area contributed by atoms with Crippen LogP contribution in [-0.4, -0.2) is 37.4 Å². The molecule has 4 rings (SSSR count). The van der Waals surface area contributed by atoms with E-state index < -0.39 is 0 Å². The van der Waals surface area contributed by atoms with Crippen molar-refractivity contribution in [2.24, 2.45) is 17.8 Å². The van der Waals surface area contributed by atoms with Crippen molar-refractivity contribution in [3.63, 3.8) is 0 Å². The molecule has 2 unspecified atom stereocenters. The third-order valence-corrected chi connectivity index (χ3v) is 6.25. The molecule has 2 fully saturated rings. The summed E-state index contributed by atoms with van der Waals surface area (Å²) >= 11 is 0. The Morgan fingerprint density at radius 2 is 1.88 bits per heavy atom. The predicted molar refractivity (Wildman–Crippen MR) is 106 cm³/mol. The number of likely N-dealkylation sites (tertiary alicyclic amines) is 1. The molecular weight excluding hydrogens is 322 g/mol. The first-order chi connectivity index (χ1) is 12.7. The van der Waals surface area contributed by atoms with Crippen LogP contribution < -0.4 is 4.74 Å². The van der Waals surface area contributed by atoms with Gasteiger partial charge >= 0.3 is 0 Å². The summed E-state index contributed by atoms with van der Waals surface area (Å²) in [5, 5.41) is 2.22. The number of fused-ring (bicyclic) bond motifs is 1. The van der Waals surface area contributed by atoms with Gasteiger partial charge in [-0.15, -0.1) is 0 Å². The van der Waals surface area contributed by atoms with Crippen LogP contribution in [-0.2, 0) is 0 Å². The van der Waals surface area contributed by atoms with E-state index in [1.165, 1.54) is 19.4 Å². The lowest BCUT2D eigenvalue weighted by Crippen LogP contribution is -2.44. The van der Waals surface area contributed by atoms with Crippen LogP contribution in [0.1, 0.15) is 43.0 Å². The Bertz CT molecular complexity index is 796. The first-order valence-corrected chi connectivity index (χ1v) is 10.0. The molecule has 2 aromatic rings. The van der Waals surface area contributed by atoms with Crippen LogP contribution in [0, 0.1) is 17.8 Å². The Kier molecular flexibility index (Phi) is 4.99. The van der Waals surface area contributed by atoms with E-state index in [4.69, 9.17) is 4.74 Å². The van der Waals surface area contributed by atoms with Crippen molar-refractivity contribution in [3.8, 4) is 5.75 Å². The van der Waals surface area contributed by atoms with Crippen LogP contribution >= 0.6 is 0 Å². The maximum atomic E-state index is 13.3. The fraction of sp³-hybridized carbons (Fsp3) is 0.522. The number of carbonyl (C=O) groups excluding carboxylic acids is 1. The van der Waals surface area contributed by atoms with E-state index in [0.717, 1.165) is 53.9 Å². The van der Waals surface area contributed by atoms with Crippen molar-refractivity contribution >= 4 is 16.6 Å². The molecule has 3 nitrogen and oxygen atoms in total. The van der Waals surface area contributed by atoms with Gasteiger partial charge in [-0.1, -0.05) is 31.5 Å². The third kappa shape index (κ3) is 3.64. The van der Waals surface area contributed by atoms with E-state index >= 15 is 0 Å². The van der Waals surface area contributed by atoms with E-state index in [9.17, 15) is 4.79 Å². The number of Topliss-reactive ketones (excluding diaryl/α,β-unsaturated/α-hetero) is 1. The monoisotopic (exact) mass is 351 g/mol. The average molecular weight is 351 g/mol. The fourth-order valence-electron chi connectivity index (χ4n) is 4.40. The number of nitrogens with zero attached hydrogens (tertiary/aromatic N) is 1. The number of ether oxygens (including phenoxy) is 1. The molecule has 1 saturated carbocycles. The van der Waals surface area contributed by atoms with Crippen molar-refractivity contribution in [2.75, 3.05) is 26.7 Å². The Morgan fingerprint density at radius 1 is 1.12 bits per heavy atom. The zero-order valence-electron chi connectivity index (χ0n) is 15.9. The smallest absolute Gasteiger partial charge is 0.167 e. The van der Waals surface area contributed by atoms with Crippen LogP contribution in [0.5, 0.6) is 5.75 Å². The molecule has 0 aromatic heterocycles. The molecule has 1 saturated heterocycles. The van der Waals surface area contributed by atoms with Crippen LogP contribution in [0.2, 0.25) is 0 Å². The standard InChI is InChI=1S/C23H29NO2/c1-3-17-10-11-24(14-16-4-5-16)15-22(17)23(25)20-7-6-19-13-21(26-2)9-8-18(19)12-20/h6-9,12-13,16-17,22H,3-5,10-11,14-15H2,1-2H3. The second-order valence-corrected chi connectivity index (χ2v) is 8.06. The lowest BCUT2D eigenvalue weighted by atomic mass is 9.79. The van der Waals surface area contributed by atoms with E-state index in [1.54, 1.807) is 7.11 Å². The summed E-state index contributed by atoms with van der Waals surface area (Å²) in [6.07, 6.45) is 5.00. The van der Waals surface area contributed by atoms with E-state index in [1.807, 2.05) is 24.3 Å². The zero-order valence-corrected chi connectivity index (χ0v) is 15.9. The minimum Gasteiger partial charge on any atom is -0.497 e. The van der Waals surface area contributed by atoms with E-state index in [0.29, 0.717) is 11.7 Å². The molecule has 2 atom stereocenters. The summed E-state index contributed by atoms with van der Waals surface area (Å²) in [6.45, 7) is 5.52. The molecule has 0 bridgehead atoms. The van der Waals surface area contributed by atoms with Crippen molar-refractivity contribution in [1.29, 1.82) is 0 Å². The molecule has 0 N–H and O–H groups in total. The molecule has 1 heterocycles. The van der Waals surface area contributed by atoms with Gasteiger partial charge in [-0.2, -0.15) is 0 Å². The molecule has 2 aliphatic rings. The van der Waals surface area contributed by atoms with Crippen LogP contribution in [0.25, 0.3) is 10.8 Å². The fourth-order valence-corrected chi connectivity index (χ4v) is 4.40. The quantitative estimate of drug-likeness (QED) is 0.701. The molecule has 0 radical (unpaired) electrons. The Labute approximate surface area is 156 Å². The maximum Gasteiger partial charge on any atom is 0.167 e. The predicted octanol–water partition coefficient (Wildman–Crippen LogP) is 4.79. The second kappa shape index (κ2) is 7.40. The minimum atomic E-state index is 0.142. The van der Waals surface area contributed by atoms with Gasteiger partial charge in [-0.3, -0.25) is 4.79 Å². The normalized spacial score (nSPS) is 23.9. The SMILES string of the molecule is CCC1CCN(CC2CC2)CC1C(=O)c1ccc2cc(OC)ccc2c1. The zero-order chi connectivity index (χ0) is 18.1. The highest BCUT2D eigenvalue weighted by molar-refractivity contribution is 6.01. The minimum absolute atomic E-state index is 0.142. The highest BCUT2D eigenvalue weighted by atomic mass is 16.5. The summed E-state index contributed by atoms with van der Waals surface area (Å²) in [4.78, 5) is 15.9. The molecule has 0 amide bonds. The Hall–Kier alpha value is -1.87. The van der Waals surface area contributed by atoms with Crippen molar-refractivity contribution in [3.05, 3.63) is 42.0 Å². The van der Waals surface area contributed by atoms with Gasteiger partial charge < -0.3 is 9.64 Å². The van der Waals surface area contributed by atoms with Gasteiger partial charge in [0.1, 0.15) is 5.75 Å². The van der Waals surface area contributed by atoms with Crippen molar-refractivity contribution < 1.29 is 9.53 Å². The highest BCUT2D eigenvalue weighted by Gasteiger charge is 2.35. The van der Waals surface area contributed by atoms with Crippen LogP contribution in [0.4, 0.5) is 0 Å². The second-order valence-electron chi connectivity index (χ2n) is 8.06. The summed E-state index contributed by atoms with van der Waals surface area (Å²) in [5.41, 5.74) is 0.861. The number of hydrogen-bond acceptors (Lipinski definition) is 3. The van der Waals surface area contributed by atoms with Gasteiger partial charge in [0.05, 0.1) is 7.11 Å². The third-order valence-electron chi connectivity index (χ3n) is 6.25. The first kappa shape index (κ1) is 17.5. The number of carbonyl (C=O) groups is 1. The van der Waals surface area contributed by atoms with E-state index in [-0.39, 0.29) is 5.92 Å². The van der Waals surface area contributed by atoms with E-state index in [2.05, 4.69) is 24.0 Å². The summed E-state index contributed by atoms with van der Waals surface area (Å²) in [5.74, 6) is 2.73. The molecule has 1 aliphatic heterocycles. The lowest BCUT2D eigenvalue weighted by Gasteiger charge is -2.37. The van der Waals surface area contributed by atoms with Gasteiger partial charge in [0.2, 0.25) is 0 Å². The number of piperidine rings is 1. The van der Waals surface area contributed by atoms with Crippen molar-refractivity contribution in [1.82, 2.24) is 4.90 Å². The average Bonchev–Trinajstić information content (AvgIpc) is 3.50. The molecule has 2 aromatic carbocycles. The molecule has 3 heteroatoms. The number of rotatable bonds is 6. The first-order valence-electron chi connectivity index (χ1n) is 10.0. The summed E-state index contributed by atoms with van der Waals surface area (Å²) < 4.78 is 5.30. The van der Waals surface area contributed by atoms with Gasteiger partial charge in [-0.05, 0) is 66.6 Å². The Balaban J connectivity index is 1.56. The highest BCUT2D eigenvalue weighted by Crippen LogP contribution is 2.34. The summed E-state index contributed by atoms with van der Waals surface area (Å²) in [7, 11) is 1.68. The molecule has 0 spiro atoms. The molecule has 138 valence electrons. The van der Waals surface area contributed by atoms with Crippen molar-refractivity contribution in [2.45, 2.75) is 32.6 Å².